The first kappa shape index (κ1) is 10.5. The topological polar surface area (TPSA) is 50.9 Å². The lowest BCUT2D eigenvalue weighted by molar-refractivity contribution is 0.475. The standard InChI is InChI=1S/C14H11N3O/c18-14-5-3-13(4-6-14)17-10-12(9-16-17)11-2-1-7-15-8-11/h1-10,18H. The summed E-state index contributed by atoms with van der Waals surface area (Å²) in [5.74, 6) is 0.249. The van der Waals surface area contributed by atoms with Gasteiger partial charge in [-0.15, -0.1) is 0 Å². The summed E-state index contributed by atoms with van der Waals surface area (Å²) in [6.45, 7) is 0. The molecule has 0 saturated carbocycles. The molecular formula is C14H11N3O. The van der Waals surface area contributed by atoms with Crippen molar-refractivity contribution in [2.75, 3.05) is 0 Å². The van der Waals surface area contributed by atoms with E-state index in [1.165, 1.54) is 0 Å². The molecule has 0 radical (unpaired) electrons. The number of pyridine rings is 1. The normalized spacial score (nSPS) is 10.4. The van der Waals surface area contributed by atoms with E-state index < -0.39 is 0 Å². The van der Waals surface area contributed by atoms with Crippen molar-refractivity contribution >= 4 is 0 Å². The molecule has 3 aromatic rings. The Kier molecular flexibility index (Phi) is 2.53. The Balaban J connectivity index is 1.97. The molecule has 0 aliphatic carbocycles. The maximum absolute atomic E-state index is 9.25. The highest BCUT2D eigenvalue weighted by Gasteiger charge is 2.03. The van der Waals surface area contributed by atoms with Gasteiger partial charge in [-0.25, -0.2) is 4.68 Å². The Morgan fingerprint density at radius 2 is 1.78 bits per heavy atom. The van der Waals surface area contributed by atoms with E-state index in [0.29, 0.717) is 0 Å². The molecule has 0 aliphatic rings. The summed E-state index contributed by atoms with van der Waals surface area (Å²) < 4.78 is 1.77. The third-order valence-electron chi connectivity index (χ3n) is 2.69. The number of hydrogen-bond donors (Lipinski definition) is 1. The monoisotopic (exact) mass is 237 g/mol. The molecule has 0 fully saturated rings. The van der Waals surface area contributed by atoms with Crippen molar-refractivity contribution in [3.8, 4) is 22.6 Å². The smallest absolute Gasteiger partial charge is 0.115 e. The second-order valence-electron chi connectivity index (χ2n) is 3.93. The molecule has 2 heterocycles. The Hall–Kier alpha value is -2.62. The Bertz CT molecular complexity index is 644. The maximum Gasteiger partial charge on any atom is 0.115 e. The van der Waals surface area contributed by atoms with Gasteiger partial charge in [-0.2, -0.15) is 5.10 Å². The number of phenols is 1. The van der Waals surface area contributed by atoms with Crippen LogP contribution in [0.3, 0.4) is 0 Å². The van der Waals surface area contributed by atoms with Gasteiger partial charge in [0.25, 0.3) is 0 Å². The zero-order valence-corrected chi connectivity index (χ0v) is 9.56. The quantitative estimate of drug-likeness (QED) is 0.745. The average molecular weight is 237 g/mol. The largest absolute Gasteiger partial charge is 0.508 e. The molecule has 4 nitrogen and oxygen atoms in total. The van der Waals surface area contributed by atoms with Crippen molar-refractivity contribution in [2.24, 2.45) is 0 Å². The number of aromatic nitrogens is 3. The first-order chi connectivity index (χ1) is 8.83. The van der Waals surface area contributed by atoms with Gasteiger partial charge >= 0.3 is 0 Å². The molecule has 1 N–H and O–H groups in total. The average Bonchev–Trinajstić information content (AvgIpc) is 2.90. The fourth-order valence-electron chi connectivity index (χ4n) is 1.75. The molecule has 0 saturated heterocycles. The highest BCUT2D eigenvalue weighted by atomic mass is 16.3. The van der Waals surface area contributed by atoms with Gasteiger partial charge in [0.1, 0.15) is 5.75 Å². The second-order valence-corrected chi connectivity index (χ2v) is 3.93. The fraction of sp³-hybridized carbons (Fsp3) is 0. The lowest BCUT2D eigenvalue weighted by Gasteiger charge is -2.00. The lowest BCUT2D eigenvalue weighted by Crippen LogP contribution is -1.92. The molecule has 2 aromatic heterocycles. The van der Waals surface area contributed by atoms with E-state index in [1.54, 1.807) is 35.4 Å². The lowest BCUT2D eigenvalue weighted by atomic mass is 10.2. The van der Waals surface area contributed by atoms with Crippen molar-refractivity contribution in [3.05, 3.63) is 61.2 Å². The van der Waals surface area contributed by atoms with Gasteiger partial charge in [-0.1, -0.05) is 6.07 Å². The van der Waals surface area contributed by atoms with Crippen molar-refractivity contribution in [3.63, 3.8) is 0 Å². The van der Waals surface area contributed by atoms with E-state index in [1.807, 2.05) is 30.5 Å². The summed E-state index contributed by atoms with van der Waals surface area (Å²) >= 11 is 0. The predicted octanol–water partition coefficient (Wildman–Crippen LogP) is 2.64. The molecule has 1 aromatic carbocycles. The molecule has 0 bridgehead atoms. The number of nitrogens with zero attached hydrogens (tertiary/aromatic N) is 3. The van der Waals surface area contributed by atoms with Crippen LogP contribution in [0.5, 0.6) is 5.75 Å². The molecule has 0 aliphatic heterocycles. The van der Waals surface area contributed by atoms with E-state index in [9.17, 15) is 5.11 Å². The van der Waals surface area contributed by atoms with E-state index in [-0.39, 0.29) is 5.75 Å². The van der Waals surface area contributed by atoms with Crippen LogP contribution >= 0.6 is 0 Å². The summed E-state index contributed by atoms with van der Waals surface area (Å²) in [6.07, 6.45) is 7.28. The van der Waals surface area contributed by atoms with Crippen LogP contribution in [0.2, 0.25) is 0 Å². The summed E-state index contributed by atoms with van der Waals surface area (Å²) in [5.41, 5.74) is 2.95. The van der Waals surface area contributed by atoms with Crippen LogP contribution in [-0.2, 0) is 0 Å². The highest BCUT2D eigenvalue weighted by Crippen LogP contribution is 2.19. The van der Waals surface area contributed by atoms with Gasteiger partial charge in [0.05, 0.1) is 11.9 Å². The van der Waals surface area contributed by atoms with Crippen LogP contribution in [-0.4, -0.2) is 19.9 Å². The second kappa shape index (κ2) is 4.33. The molecule has 3 rings (SSSR count). The van der Waals surface area contributed by atoms with Gasteiger partial charge in [0.15, 0.2) is 0 Å². The van der Waals surface area contributed by atoms with Gasteiger partial charge in [0, 0.05) is 29.7 Å². The van der Waals surface area contributed by atoms with E-state index >= 15 is 0 Å². The number of rotatable bonds is 2. The van der Waals surface area contributed by atoms with Gasteiger partial charge in [-0.3, -0.25) is 4.98 Å². The van der Waals surface area contributed by atoms with Crippen molar-refractivity contribution in [1.29, 1.82) is 0 Å². The Morgan fingerprint density at radius 3 is 2.50 bits per heavy atom. The summed E-state index contributed by atoms with van der Waals surface area (Å²) in [4.78, 5) is 4.08. The zero-order valence-electron chi connectivity index (χ0n) is 9.56. The molecule has 0 atom stereocenters. The highest BCUT2D eigenvalue weighted by molar-refractivity contribution is 5.60. The first-order valence-corrected chi connectivity index (χ1v) is 5.57. The summed E-state index contributed by atoms with van der Waals surface area (Å²) in [6, 6.07) is 10.8. The van der Waals surface area contributed by atoms with E-state index in [0.717, 1.165) is 16.8 Å². The van der Waals surface area contributed by atoms with E-state index in [4.69, 9.17) is 0 Å². The number of benzene rings is 1. The van der Waals surface area contributed by atoms with Gasteiger partial charge in [0.2, 0.25) is 0 Å². The minimum absolute atomic E-state index is 0.249. The molecule has 0 amide bonds. The number of aromatic hydroxyl groups is 1. The molecule has 88 valence electrons. The Labute approximate surface area is 104 Å². The van der Waals surface area contributed by atoms with Gasteiger partial charge in [-0.05, 0) is 30.3 Å². The zero-order chi connectivity index (χ0) is 12.4. The molecule has 0 spiro atoms. The predicted molar refractivity (Wildman–Crippen MR) is 68.5 cm³/mol. The molecule has 0 unspecified atom stereocenters. The van der Waals surface area contributed by atoms with Crippen molar-refractivity contribution in [2.45, 2.75) is 0 Å². The van der Waals surface area contributed by atoms with Crippen LogP contribution < -0.4 is 0 Å². The number of hydrogen-bond acceptors (Lipinski definition) is 3. The van der Waals surface area contributed by atoms with Crippen LogP contribution in [0, 0.1) is 0 Å². The maximum atomic E-state index is 9.25. The summed E-state index contributed by atoms with van der Waals surface area (Å²) in [7, 11) is 0. The van der Waals surface area contributed by atoms with Crippen LogP contribution in [0.25, 0.3) is 16.8 Å². The van der Waals surface area contributed by atoms with Crippen LogP contribution in [0.15, 0.2) is 61.2 Å². The minimum Gasteiger partial charge on any atom is -0.508 e. The van der Waals surface area contributed by atoms with Crippen molar-refractivity contribution < 1.29 is 5.11 Å². The molecule has 4 heteroatoms. The first-order valence-electron chi connectivity index (χ1n) is 5.57. The third-order valence-corrected chi connectivity index (χ3v) is 2.69. The van der Waals surface area contributed by atoms with Crippen molar-refractivity contribution in [1.82, 2.24) is 14.8 Å². The minimum atomic E-state index is 0.249. The fourth-order valence-corrected chi connectivity index (χ4v) is 1.75. The Morgan fingerprint density at radius 1 is 0.944 bits per heavy atom. The van der Waals surface area contributed by atoms with Crippen LogP contribution in [0.4, 0.5) is 0 Å². The third kappa shape index (κ3) is 1.96. The number of phenolic OH excluding ortho intramolecular Hbond substituents is 1. The SMILES string of the molecule is Oc1ccc(-n2cc(-c3cccnc3)cn2)cc1. The van der Waals surface area contributed by atoms with Gasteiger partial charge < -0.3 is 5.11 Å². The molecular weight excluding hydrogens is 226 g/mol. The molecule has 18 heavy (non-hydrogen) atoms. The van der Waals surface area contributed by atoms with E-state index in [2.05, 4.69) is 10.1 Å². The summed E-state index contributed by atoms with van der Waals surface area (Å²) in [5, 5.41) is 13.5. The van der Waals surface area contributed by atoms with Crippen LogP contribution in [0.1, 0.15) is 0 Å².